The molecule has 0 atom stereocenters. The lowest BCUT2D eigenvalue weighted by Crippen LogP contribution is -2.19. The summed E-state index contributed by atoms with van der Waals surface area (Å²) < 4.78 is 18.0. The standard InChI is InChI=1S/C11H13FO2/c12-9-4-5-11(10(13)6-9)14-7-8-2-1-3-8/h4-6,8,13H,1-3,7H2. The van der Waals surface area contributed by atoms with E-state index in [0.29, 0.717) is 18.3 Å². The van der Waals surface area contributed by atoms with Gasteiger partial charge >= 0.3 is 0 Å². The van der Waals surface area contributed by atoms with Crippen molar-refractivity contribution in [1.82, 2.24) is 0 Å². The summed E-state index contributed by atoms with van der Waals surface area (Å²) in [7, 11) is 0. The predicted octanol–water partition coefficient (Wildman–Crippen LogP) is 2.71. The number of rotatable bonds is 3. The fraction of sp³-hybridized carbons (Fsp3) is 0.455. The zero-order valence-electron chi connectivity index (χ0n) is 7.87. The molecule has 0 unspecified atom stereocenters. The van der Waals surface area contributed by atoms with E-state index >= 15 is 0 Å². The van der Waals surface area contributed by atoms with Gasteiger partial charge in [0, 0.05) is 6.07 Å². The number of hydrogen-bond donors (Lipinski definition) is 1. The van der Waals surface area contributed by atoms with Crippen LogP contribution in [-0.4, -0.2) is 11.7 Å². The molecule has 0 heterocycles. The Labute approximate surface area is 82.3 Å². The lowest BCUT2D eigenvalue weighted by atomic mass is 9.86. The molecule has 0 aromatic heterocycles. The third kappa shape index (κ3) is 1.97. The molecule has 0 amide bonds. The topological polar surface area (TPSA) is 29.5 Å². The van der Waals surface area contributed by atoms with E-state index in [-0.39, 0.29) is 5.75 Å². The molecule has 14 heavy (non-hydrogen) atoms. The Morgan fingerprint density at radius 1 is 1.43 bits per heavy atom. The fourth-order valence-corrected chi connectivity index (χ4v) is 1.48. The van der Waals surface area contributed by atoms with Gasteiger partial charge in [0.2, 0.25) is 0 Å². The molecule has 0 spiro atoms. The Hall–Kier alpha value is -1.25. The zero-order valence-corrected chi connectivity index (χ0v) is 7.87. The van der Waals surface area contributed by atoms with Gasteiger partial charge in [0.05, 0.1) is 6.61 Å². The normalized spacial score (nSPS) is 16.4. The number of aromatic hydroxyl groups is 1. The summed E-state index contributed by atoms with van der Waals surface area (Å²) in [5, 5.41) is 9.33. The highest BCUT2D eigenvalue weighted by molar-refractivity contribution is 5.38. The highest BCUT2D eigenvalue weighted by Crippen LogP contribution is 2.30. The molecular formula is C11H13FO2. The first-order chi connectivity index (χ1) is 6.75. The number of phenolic OH excluding ortho intramolecular Hbond substituents is 1. The molecule has 0 saturated heterocycles. The van der Waals surface area contributed by atoms with Gasteiger partial charge in [-0.2, -0.15) is 0 Å². The number of ether oxygens (including phenoxy) is 1. The smallest absolute Gasteiger partial charge is 0.161 e. The number of halogens is 1. The first-order valence-electron chi connectivity index (χ1n) is 4.87. The molecule has 1 aromatic carbocycles. The second-order valence-electron chi connectivity index (χ2n) is 3.72. The maximum Gasteiger partial charge on any atom is 0.161 e. The summed E-state index contributed by atoms with van der Waals surface area (Å²) in [6.45, 7) is 0.624. The maximum atomic E-state index is 12.6. The van der Waals surface area contributed by atoms with Crippen LogP contribution in [0.25, 0.3) is 0 Å². The van der Waals surface area contributed by atoms with Crippen molar-refractivity contribution in [2.75, 3.05) is 6.61 Å². The fourth-order valence-electron chi connectivity index (χ4n) is 1.48. The predicted molar refractivity (Wildman–Crippen MR) is 50.9 cm³/mol. The second-order valence-corrected chi connectivity index (χ2v) is 3.72. The van der Waals surface area contributed by atoms with Crippen LogP contribution in [0.5, 0.6) is 11.5 Å². The average Bonchev–Trinajstić information content (AvgIpc) is 2.05. The largest absolute Gasteiger partial charge is 0.504 e. The zero-order chi connectivity index (χ0) is 9.97. The highest BCUT2D eigenvalue weighted by atomic mass is 19.1. The number of phenols is 1. The van der Waals surface area contributed by atoms with Crippen LogP contribution in [0.15, 0.2) is 18.2 Å². The van der Waals surface area contributed by atoms with Crippen molar-refractivity contribution in [2.45, 2.75) is 19.3 Å². The van der Waals surface area contributed by atoms with E-state index in [1.807, 2.05) is 0 Å². The van der Waals surface area contributed by atoms with Crippen LogP contribution in [0.3, 0.4) is 0 Å². The van der Waals surface area contributed by atoms with Crippen molar-refractivity contribution in [2.24, 2.45) is 5.92 Å². The first kappa shape index (κ1) is 9.31. The van der Waals surface area contributed by atoms with E-state index in [1.165, 1.54) is 31.4 Å². The van der Waals surface area contributed by atoms with Gasteiger partial charge in [0.1, 0.15) is 5.82 Å². The van der Waals surface area contributed by atoms with Crippen LogP contribution < -0.4 is 4.74 Å². The Morgan fingerprint density at radius 3 is 2.79 bits per heavy atom. The van der Waals surface area contributed by atoms with Gasteiger partial charge in [0.25, 0.3) is 0 Å². The number of hydrogen-bond acceptors (Lipinski definition) is 2. The minimum Gasteiger partial charge on any atom is -0.504 e. The minimum absolute atomic E-state index is 0.121. The van der Waals surface area contributed by atoms with Crippen molar-refractivity contribution in [3.8, 4) is 11.5 Å². The lowest BCUT2D eigenvalue weighted by Gasteiger charge is -2.25. The van der Waals surface area contributed by atoms with Crippen LogP contribution >= 0.6 is 0 Å². The SMILES string of the molecule is Oc1cc(F)ccc1OCC1CCC1. The Morgan fingerprint density at radius 2 is 2.21 bits per heavy atom. The molecule has 0 aliphatic heterocycles. The molecule has 0 radical (unpaired) electrons. The van der Waals surface area contributed by atoms with Crippen molar-refractivity contribution < 1.29 is 14.2 Å². The summed E-state index contributed by atoms with van der Waals surface area (Å²) in [4.78, 5) is 0. The lowest BCUT2D eigenvalue weighted by molar-refractivity contribution is 0.176. The molecule has 1 aliphatic rings. The molecule has 1 N–H and O–H groups in total. The summed E-state index contributed by atoms with van der Waals surface area (Å²) in [5.74, 6) is 0.417. The van der Waals surface area contributed by atoms with Gasteiger partial charge in [-0.05, 0) is 30.9 Å². The molecule has 1 aliphatic carbocycles. The summed E-state index contributed by atoms with van der Waals surface area (Å²) in [5.41, 5.74) is 0. The van der Waals surface area contributed by atoms with E-state index in [0.717, 1.165) is 6.07 Å². The maximum absolute atomic E-state index is 12.6. The molecule has 3 heteroatoms. The molecular weight excluding hydrogens is 183 g/mol. The van der Waals surface area contributed by atoms with Gasteiger partial charge in [-0.3, -0.25) is 0 Å². The van der Waals surface area contributed by atoms with Crippen molar-refractivity contribution in [1.29, 1.82) is 0 Å². The van der Waals surface area contributed by atoms with Crippen LogP contribution in [0, 0.1) is 11.7 Å². The molecule has 1 aromatic rings. The summed E-state index contributed by atoms with van der Waals surface area (Å²) in [6, 6.07) is 3.81. The first-order valence-corrected chi connectivity index (χ1v) is 4.87. The third-order valence-electron chi connectivity index (χ3n) is 2.62. The molecule has 2 rings (SSSR count). The van der Waals surface area contributed by atoms with Crippen LogP contribution in [0.2, 0.25) is 0 Å². The van der Waals surface area contributed by atoms with Crippen molar-refractivity contribution in [3.05, 3.63) is 24.0 Å². The van der Waals surface area contributed by atoms with Crippen molar-refractivity contribution >= 4 is 0 Å². The molecule has 76 valence electrons. The Kier molecular flexibility index (Phi) is 2.57. The van der Waals surface area contributed by atoms with Gasteiger partial charge in [-0.1, -0.05) is 6.42 Å². The second kappa shape index (κ2) is 3.86. The Balaban J connectivity index is 1.94. The molecule has 2 nitrogen and oxygen atoms in total. The van der Waals surface area contributed by atoms with Crippen LogP contribution in [0.4, 0.5) is 4.39 Å². The van der Waals surface area contributed by atoms with Gasteiger partial charge in [-0.15, -0.1) is 0 Å². The highest BCUT2D eigenvalue weighted by Gasteiger charge is 2.18. The molecule has 0 bridgehead atoms. The minimum atomic E-state index is -0.446. The van der Waals surface area contributed by atoms with Gasteiger partial charge in [-0.25, -0.2) is 4.39 Å². The summed E-state index contributed by atoms with van der Waals surface area (Å²) >= 11 is 0. The van der Waals surface area contributed by atoms with Gasteiger partial charge in [0.15, 0.2) is 11.5 Å². The summed E-state index contributed by atoms with van der Waals surface area (Å²) in [6.07, 6.45) is 3.66. The van der Waals surface area contributed by atoms with E-state index in [1.54, 1.807) is 0 Å². The van der Waals surface area contributed by atoms with Crippen LogP contribution in [0.1, 0.15) is 19.3 Å². The molecule has 1 saturated carbocycles. The van der Waals surface area contributed by atoms with E-state index < -0.39 is 5.82 Å². The monoisotopic (exact) mass is 196 g/mol. The van der Waals surface area contributed by atoms with Gasteiger partial charge < -0.3 is 9.84 Å². The van der Waals surface area contributed by atoms with E-state index in [9.17, 15) is 9.50 Å². The number of benzene rings is 1. The third-order valence-corrected chi connectivity index (χ3v) is 2.62. The van der Waals surface area contributed by atoms with E-state index in [4.69, 9.17) is 4.74 Å². The van der Waals surface area contributed by atoms with Crippen molar-refractivity contribution in [3.63, 3.8) is 0 Å². The Bertz CT molecular complexity index is 321. The quantitative estimate of drug-likeness (QED) is 0.805. The van der Waals surface area contributed by atoms with E-state index in [2.05, 4.69) is 0 Å². The molecule has 1 fully saturated rings. The van der Waals surface area contributed by atoms with Crippen LogP contribution in [-0.2, 0) is 0 Å². The average molecular weight is 196 g/mol.